The first-order valence-corrected chi connectivity index (χ1v) is 12.6. The summed E-state index contributed by atoms with van der Waals surface area (Å²) in [4.78, 5) is 51.3. The Hall–Kier alpha value is -5.47. The number of carbonyl (C=O) groups excluding carboxylic acids is 3. The fraction of sp³-hybridized carbons (Fsp3) is 0.179. The van der Waals surface area contributed by atoms with Crippen LogP contribution in [-0.2, 0) is 22.5 Å². The number of ether oxygens (including phenoxy) is 1. The Morgan fingerprint density at radius 1 is 0.977 bits per heavy atom. The van der Waals surface area contributed by atoms with Gasteiger partial charge in [-0.3, -0.25) is 24.0 Å². The molecule has 1 aliphatic heterocycles. The average molecular weight is 599 g/mol. The van der Waals surface area contributed by atoms with Gasteiger partial charge in [-0.15, -0.1) is 0 Å². The predicted molar refractivity (Wildman–Crippen MR) is 145 cm³/mol. The van der Waals surface area contributed by atoms with E-state index in [-0.39, 0.29) is 57.9 Å². The number of hydrogen-bond donors (Lipinski definition) is 3. The molecule has 0 saturated carbocycles. The number of aliphatic carboxylic acids is 1. The van der Waals surface area contributed by atoms with Gasteiger partial charge in [0.05, 0.1) is 29.9 Å². The molecule has 2 heterocycles. The maximum absolute atomic E-state index is 13.7. The van der Waals surface area contributed by atoms with Crippen LogP contribution in [0.1, 0.15) is 26.4 Å². The van der Waals surface area contributed by atoms with Gasteiger partial charge in [0.15, 0.2) is 5.69 Å². The van der Waals surface area contributed by atoms with Gasteiger partial charge in [0.25, 0.3) is 11.8 Å². The van der Waals surface area contributed by atoms with E-state index < -0.39 is 48.8 Å². The van der Waals surface area contributed by atoms with Crippen molar-refractivity contribution >= 4 is 51.8 Å². The second-order valence-electron chi connectivity index (χ2n) is 9.42. The molecule has 0 radical (unpaired) electrons. The lowest BCUT2D eigenvalue weighted by molar-refractivity contribution is -0.142. The quantitative estimate of drug-likeness (QED) is 0.246. The normalized spacial score (nSPS) is 13.2. The van der Waals surface area contributed by atoms with Crippen molar-refractivity contribution in [2.45, 2.75) is 19.1 Å². The van der Waals surface area contributed by atoms with Gasteiger partial charge in [0, 0.05) is 16.6 Å². The number of para-hydroxylation sites is 1. The lowest BCUT2D eigenvalue weighted by Crippen LogP contribution is -2.26. The molecule has 4 aromatic rings. The number of cyclic esters (lactones) is 1. The molecule has 1 saturated heterocycles. The predicted octanol–water partition coefficient (Wildman–Crippen LogP) is 4.83. The molecule has 0 bridgehead atoms. The number of benzene rings is 3. The van der Waals surface area contributed by atoms with Crippen molar-refractivity contribution in [1.29, 1.82) is 0 Å². The molecular formula is C28H21F4N5O6. The summed E-state index contributed by atoms with van der Waals surface area (Å²) in [7, 11) is 0. The number of carboxylic acid groups (broad SMARTS) is 1. The summed E-state index contributed by atoms with van der Waals surface area (Å²) in [6.45, 7) is -1.27. The third-order valence-corrected chi connectivity index (χ3v) is 6.42. The Morgan fingerprint density at radius 3 is 2.42 bits per heavy atom. The first-order valence-electron chi connectivity index (χ1n) is 12.6. The van der Waals surface area contributed by atoms with Crippen LogP contribution in [0.4, 0.5) is 39.4 Å². The smallest absolute Gasteiger partial charge is 0.414 e. The summed E-state index contributed by atoms with van der Waals surface area (Å²) in [6, 6.07) is 13.0. The molecule has 11 nitrogen and oxygen atoms in total. The van der Waals surface area contributed by atoms with Gasteiger partial charge in [0.2, 0.25) is 0 Å². The van der Waals surface area contributed by atoms with Crippen molar-refractivity contribution < 1.29 is 46.6 Å². The van der Waals surface area contributed by atoms with Crippen molar-refractivity contribution in [2.75, 3.05) is 28.7 Å². The second kappa shape index (κ2) is 11.4. The number of aromatic nitrogens is 2. The summed E-state index contributed by atoms with van der Waals surface area (Å²) >= 11 is 0. The van der Waals surface area contributed by atoms with Crippen molar-refractivity contribution in [3.63, 3.8) is 0 Å². The summed E-state index contributed by atoms with van der Waals surface area (Å²) in [6.07, 6.45) is -5.90. The highest BCUT2D eigenvalue weighted by Crippen LogP contribution is 2.32. The molecule has 3 amide bonds. The fourth-order valence-electron chi connectivity index (χ4n) is 4.58. The Kier molecular flexibility index (Phi) is 7.72. The van der Waals surface area contributed by atoms with Crippen molar-refractivity contribution in [3.05, 3.63) is 83.3 Å². The van der Waals surface area contributed by atoms with Crippen molar-refractivity contribution in [2.24, 2.45) is 0 Å². The molecule has 1 aromatic heterocycles. The number of rotatable bonds is 8. The van der Waals surface area contributed by atoms with Crippen LogP contribution in [0.5, 0.6) is 0 Å². The van der Waals surface area contributed by atoms with E-state index in [0.29, 0.717) is 4.68 Å². The third-order valence-electron chi connectivity index (χ3n) is 6.42. The van der Waals surface area contributed by atoms with Crippen molar-refractivity contribution in [1.82, 2.24) is 9.78 Å². The molecule has 1 aliphatic rings. The maximum atomic E-state index is 13.7. The topological polar surface area (TPSA) is 143 Å². The number of amides is 3. The van der Waals surface area contributed by atoms with Gasteiger partial charge >= 0.3 is 18.2 Å². The number of alkyl halides is 3. The molecular weight excluding hydrogens is 578 g/mol. The molecule has 3 aromatic carbocycles. The Labute approximate surface area is 239 Å². The molecule has 0 aliphatic carbocycles. The van der Waals surface area contributed by atoms with Gasteiger partial charge in [-0.1, -0.05) is 18.2 Å². The number of carbonyl (C=O) groups is 4. The van der Waals surface area contributed by atoms with Crippen LogP contribution in [0.2, 0.25) is 0 Å². The van der Waals surface area contributed by atoms with E-state index >= 15 is 0 Å². The van der Waals surface area contributed by atoms with E-state index in [0.717, 1.165) is 12.1 Å². The van der Waals surface area contributed by atoms with E-state index in [4.69, 9.17) is 9.84 Å². The SMILES string of the molecule is O=C(O)Cc1cc(F)ccc1NC(=O)c1ccc(N2CCOC2=O)c(NC(=O)c2nn(CC(F)(F)F)c3ccccc23)c1. The molecule has 5 rings (SSSR count). The van der Waals surface area contributed by atoms with Gasteiger partial charge in [-0.2, -0.15) is 18.3 Å². The average Bonchev–Trinajstić information content (AvgIpc) is 3.52. The number of nitrogens with one attached hydrogen (secondary N) is 2. The minimum absolute atomic E-state index is 0.00660. The Balaban J connectivity index is 1.50. The minimum Gasteiger partial charge on any atom is -0.481 e. The maximum Gasteiger partial charge on any atom is 0.414 e. The second-order valence-corrected chi connectivity index (χ2v) is 9.42. The van der Waals surface area contributed by atoms with E-state index in [2.05, 4.69) is 15.7 Å². The zero-order chi connectivity index (χ0) is 30.9. The highest BCUT2D eigenvalue weighted by atomic mass is 19.4. The molecule has 0 unspecified atom stereocenters. The molecule has 15 heteroatoms. The summed E-state index contributed by atoms with van der Waals surface area (Å²) in [5.41, 5.74) is -0.187. The Morgan fingerprint density at radius 2 is 1.72 bits per heavy atom. The first-order chi connectivity index (χ1) is 20.4. The molecule has 222 valence electrons. The van der Waals surface area contributed by atoms with Gasteiger partial charge in [-0.05, 0) is 48.0 Å². The monoisotopic (exact) mass is 599 g/mol. The van der Waals surface area contributed by atoms with Crippen LogP contribution in [0.25, 0.3) is 10.9 Å². The number of hydrogen-bond acceptors (Lipinski definition) is 6. The highest BCUT2D eigenvalue weighted by molar-refractivity contribution is 6.14. The fourth-order valence-corrected chi connectivity index (χ4v) is 4.58. The van der Waals surface area contributed by atoms with Crippen LogP contribution in [0, 0.1) is 5.82 Å². The van der Waals surface area contributed by atoms with E-state index in [1.807, 2.05) is 0 Å². The van der Waals surface area contributed by atoms with Gasteiger partial charge < -0.3 is 20.5 Å². The molecule has 3 N–H and O–H groups in total. The number of carboxylic acids is 1. The number of anilines is 3. The van der Waals surface area contributed by atoms with E-state index in [1.54, 1.807) is 0 Å². The molecule has 1 fully saturated rings. The van der Waals surface area contributed by atoms with Crippen LogP contribution in [0.15, 0.2) is 60.7 Å². The molecule has 43 heavy (non-hydrogen) atoms. The number of halogens is 4. The van der Waals surface area contributed by atoms with Gasteiger partial charge in [0.1, 0.15) is 19.0 Å². The zero-order valence-corrected chi connectivity index (χ0v) is 21.9. The van der Waals surface area contributed by atoms with Crippen molar-refractivity contribution in [3.8, 4) is 0 Å². The van der Waals surface area contributed by atoms with Crippen LogP contribution in [-0.4, -0.2) is 58.1 Å². The number of nitrogens with zero attached hydrogens (tertiary/aromatic N) is 3. The van der Waals surface area contributed by atoms with E-state index in [1.165, 1.54) is 53.4 Å². The third kappa shape index (κ3) is 6.39. The van der Waals surface area contributed by atoms with Gasteiger partial charge in [-0.25, -0.2) is 9.18 Å². The molecule has 0 atom stereocenters. The highest BCUT2D eigenvalue weighted by Gasteiger charge is 2.31. The summed E-state index contributed by atoms with van der Waals surface area (Å²) in [5.74, 6) is -3.63. The standard InChI is InChI=1S/C28H21F4N5O6/c29-17-6-7-19(16(11-17)13-23(38)39)33-25(40)15-5-8-22(36-9-10-43-27(36)42)20(12-15)34-26(41)24-18-3-1-2-4-21(18)37(35-24)14-28(30,31)32/h1-8,11-12H,9-10,13-14H2,(H,33,40)(H,34,41)(H,38,39). The number of fused-ring (bicyclic) bond motifs is 1. The van der Waals surface area contributed by atoms with Crippen LogP contribution < -0.4 is 15.5 Å². The Bertz CT molecular complexity index is 1770. The van der Waals surface area contributed by atoms with Crippen LogP contribution in [0.3, 0.4) is 0 Å². The molecule has 0 spiro atoms. The summed E-state index contributed by atoms with van der Waals surface area (Å²) in [5, 5.41) is 18.2. The lowest BCUT2D eigenvalue weighted by atomic mass is 10.1. The largest absolute Gasteiger partial charge is 0.481 e. The lowest BCUT2D eigenvalue weighted by Gasteiger charge is -2.19. The zero-order valence-electron chi connectivity index (χ0n) is 21.9. The summed E-state index contributed by atoms with van der Waals surface area (Å²) < 4.78 is 58.9. The van der Waals surface area contributed by atoms with E-state index in [9.17, 15) is 36.7 Å². The first kappa shape index (κ1) is 29.0. The van der Waals surface area contributed by atoms with Crippen LogP contribution >= 0.6 is 0 Å². The minimum atomic E-state index is -4.61.